The predicted molar refractivity (Wildman–Crippen MR) is 47.7 cm³/mol. The van der Waals surface area contributed by atoms with E-state index in [0.717, 1.165) is 45.2 Å². The molecule has 78 valence electrons. The molecule has 2 unspecified atom stereocenters. The van der Waals surface area contributed by atoms with Crippen molar-refractivity contribution < 1.29 is 31.4 Å². The van der Waals surface area contributed by atoms with E-state index in [-0.39, 0.29) is 0 Å². The molecule has 0 aromatic rings. The zero-order valence-corrected chi connectivity index (χ0v) is 9.85. The van der Waals surface area contributed by atoms with Crippen LogP contribution in [0.4, 0.5) is 22.0 Å². The summed E-state index contributed by atoms with van der Waals surface area (Å²) < 4.78 is 62.6. The number of halogens is 7. The van der Waals surface area contributed by atoms with Gasteiger partial charge in [-0.25, -0.2) is 0 Å². The largest absolute Gasteiger partial charge is 0.440 e. The molecule has 1 saturated heterocycles. The average Bonchev–Trinajstić information content (AvgIpc) is 2.00. The van der Waals surface area contributed by atoms with Gasteiger partial charge in [0.2, 0.25) is 0 Å². The minimum absolute atomic E-state index is 0.768. The monoisotopic (exact) mass is 430 g/mol. The summed E-state index contributed by atoms with van der Waals surface area (Å²) >= 11 is 1.54. The lowest BCUT2D eigenvalue weighted by Crippen LogP contribution is -2.32. The molecule has 2 atom stereocenters. The maximum atomic E-state index is 12.9. The van der Waals surface area contributed by atoms with Gasteiger partial charge in [-0.3, -0.25) is 9.47 Å². The summed E-state index contributed by atoms with van der Waals surface area (Å²) in [6.45, 7) is 0. The van der Waals surface area contributed by atoms with Crippen molar-refractivity contribution in [3.05, 3.63) is 0 Å². The molecule has 0 bridgehead atoms. The molecule has 0 amide bonds. The number of hydrogen-bond acceptors (Lipinski definition) is 2. The number of alkyl halides is 7. The summed E-state index contributed by atoms with van der Waals surface area (Å²) in [5.41, 5.74) is 0. The Morgan fingerprint density at radius 3 is 1.46 bits per heavy atom. The maximum absolute atomic E-state index is 12.9. The molecule has 0 radical (unpaired) electrons. The van der Waals surface area contributed by atoms with Crippen LogP contribution in [0.2, 0.25) is 0 Å². The van der Waals surface area contributed by atoms with E-state index in [1.165, 1.54) is 0 Å². The van der Waals surface area contributed by atoms with Gasteiger partial charge < -0.3 is 0 Å². The first kappa shape index (κ1) is 12.1. The normalized spacial score (nSPS) is 46.8. The zero-order chi connectivity index (χ0) is 10.5. The lowest BCUT2D eigenvalue weighted by molar-refractivity contribution is -0.289. The Bertz CT molecular complexity index is 199. The Kier molecular flexibility index (Phi) is 3.04. The van der Waals surface area contributed by atoms with Gasteiger partial charge in [-0.05, 0) is 0 Å². The summed E-state index contributed by atoms with van der Waals surface area (Å²) in [4.78, 5) is 0. The molecule has 0 N–H and O–H groups in total. The smallest absolute Gasteiger partial charge is 0.294 e. The molecule has 0 saturated carbocycles. The van der Waals surface area contributed by atoms with Crippen LogP contribution in [0, 0.1) is 0 Å². The molecule has 0 aliphatic carbocycles. The molecule has 13 heavy (non-hydrogen) atoms. The summed E-state index contributed by atoms with van der Waals surface area (Å²) in [6, 6.07) is 0. The summed E-state index contributed by atoms with van der Waals surface area (Å²) in [5, 5.41) is 0. The quantitative estimate of drug-likeness (QED) is 0.335. The first-order valence-corrected chi connectivity index (χ1v) is 4.90. The van der Waals surface area contributed by atoms with Crippen molar-refractivity contribution in [1.29, 1.82) is 0 Å². The second kappa shape index (κ2) is 3.27. The van der Waals surface area contributed by atoms with Crippen LogP contribution in [0.15, 0.2) is 0 Å². The van der Waals surface area contributed by atoms with Crippen LogP contribution in [0.3, 0.4) is 0 Å². The first-order valence-electron chi connectivity index (χ1n) is 2.74. The molecule has 1 aliphatic rings. The van der Waals surface area contributed by atoms with Gasteiger partial charge in [-0.2, -0.15) is 22.0 Å². The Hall–Kier alpha value is 1.03. The van der Waals surface area contributed by atoms with Crippen LogP contribution in [0.5, 0.6) is 0 Å². The Morgan fingerprint density at radius 2 is 1.31 bits per heavy atom. The van der Waals surface area contributed by atoms with Crippen LogP contribution in [-0.4, -0.2) is 20.2 Å². The van der Waals surface area contributed by atoms with Gasteiger partial charge in [0.25, 0.3) is 6.29 Å². The van der Waals surface area contributed by atoms with E-state index in [0.29, 0.717) is 0 Å². The van der Waals surface area contributed by atoms with E-state index in [4.69, 9.17) is 0 Å². The Morgan fingerprint density at radius 1 is 1.00 bits per heavy atom. The molecule has 1 rings (SSSR count). The van der Waals surface area contributed by atoms with Gasteiger partial charge in [-0.1, -0.05) is 0 Å². The third-order valence-electron chi connectivity index (χ3n) is 1.12. The lowest BCUT2D eigenvalue weighted by Gasteiger charge is -2.17. The van der Waals surface area contributed by atoms with Crippen molar-refractivity contribution in [2.45, 2.75) is 20.2 Å². The van der Waals surface area contributed by atoms with Crippen molar-refractivity contribution in [2.24, 2.45) is 0 Å². The van der Waals surface area contributed by atoms with E-state index < -0.39 is 20.2 Å². The lowest BCUT2D eigenvalue weighted by atomic mass is 10.6. The highest BCUT2D eigenvalue weighted by Gasteiger charge is 2.67. The van der Waals surface area contributed by atoms with E-state index in [1.54, 1.807) is 0 Å². The van der Waals surface area contributed by atoms with Crippen molar-refractivity contribution >= 4 is 45.2 Å². The van der Waals surface area contributed by atoms with Crippen molar-refractivity contribution in [3.8, 4) is 0 Å². The third-order valence-corrected chi connectivity index (χ3v) is 4.04. The Labute approximate surface area is 96.4 Å². The van der Waals surface area contributed by atoms with Gasteiger partial charge in [0.05, 0.1) is 0 Å². The zero-order valence-electron chi connectivity index (χ0n) is 5.54. The van der Waals surface area contributed by atoms with E-state index >= 15 is 0 Å². The van der Waals surface area contributed by atoms with Crippen molar-refractivity contribution in [3.63, 3.8) is 0 Å². The number of ether oxygens (including phenoxy) is 2. The van der Waals surface area contributed by atoms with Crippen molar-refractivity contribution in [1.82, 2.24) is 0 Å². The van der Waals surface area contributed by atoms with Crippen LogP contribution >= 0.6 is 45.2 Å². The van der Waals surface area contributed by atoms with Gasteiger partial charge in [0.1, 0.15) is 0 Å². The van der Waals surface area contributed by atoms with E-state index in [2.05, 4.69) is 9.47 Å². The molecule has 9 heteroatoms. The fourth-order valence-electron chi connectivity index (χ4n) is 0.564. The molecule has 2 nitrogen and oxygen atoms in total. The van der Waals surface area contributed by atoms with Crippen LogP contribution in [0.1, 0.15) is 0 Å². The van der Waals surface area contributed by atoms with Gasteiger partial charge in [-0.15, -0.1) is 0 Å². The SMILES string of the molecule is FC(F)(F)C1OC(F)(I)C(F)(I)O1. The summed E-state index contributed by atoms with van der Waals surface area (Å²) in [5.74, 6) is 0. The maximum Gasteiger partial charge on any atom is 0.440 e. The van der Waals surface area contributed by atoms with Gasteiger partial charge >= 0.3 is 13.9 Å². The summed E-state index contributed by atoms with van der Waals surface area (Å²) in [6.07, 6.45) is -7.81. The third kappa shape index (κ3) is 2.34. The van der Waals surface area contributed by atoms with Crippen LogP contribution in [-0.2, 0) is 9.47 Å². The molecule has 0 spiro atoms. The molecular formula is C4HF5I2O2. The van der Waals surface area contributed by atoms with E-state index in [9.17, 15) is 22.0 Å². The van der Waals surface area contributed by atoms with Crippen LogP contribution in [0.25, 0.3) is 0 Å². The van der Waals surface area contributed by atoms with Crippen molar-refractivity contribution in [2.75, 3.05) is 0 Å². The molecule has 1 heterocycles. The molecule has 0 aromatic heterocycles. The molecule has 0 aromatic carbocycles. The van der Waals surface area contributed by atoms with E-state index in [1.807, 2.05) is 0 Å². The minimum Gasteiger partial charge on any atom is -0.294 e. The molecular weight excluding hydrogens is 429 g/mol. The number of hydrogen-bond donors (Lipinski definition) is 0. The van der Waals surface area contributed by atoms with Crippen LogP contribution < -0.4 is 0 Å². The number of rotatable bonds is 0. The second-order valence-electron chi connectivity index (χ2n) is 2.14. The average molecular weight is 430 g/mol. The minimum atomic E-state index is -4.94. The molecule has 1 aliphatic heterocycles. The van der Waals surface area contributed by atoms with Gasteiger partial charge in [0, 0.05) is 45.2 Å². The highest BCUT2D eigenvalue weighted by atomic mass is 127. The fraction of sp³-hybridized carbons (Fsp3) is 1.00. The standard InChI is InChI=1S/C4HF5I2O2/c5-2(6,7)1-12-3(8,10)4(9,11)13-1/h1H. The van der Waals surface area contributed by atoms with Gasteiger partial charge in [0.15, 0.2) is 0 Å². The fourth-order valence-corrected chi connectivity index (χ4v) is 1.28. The highest BCUT2D eigenvalue weighted by molar-refractivity contribution is 14.1. The predicted octanol–water partition coefficient (Wildman–Crippen LogP) is 3.04. The molecule has 1 fully saturated rings. The topological polar surface area (TPSA) is 18.5 Å². The second-order valence-corrected chi connectivity index (χ2v) is 4.92. The highest BCUT2D eigenvalue weighted by Crippen LogP contribution is 2.53. The summed E-state index contributed by atoms with van der Waals surface area (Å²) in [7, 11) is 0. The first-order chi connectivity index (χ1) is 5.56. The Balaban J connectivity index is 2.83.